The molecule has 0 unspecified atom stereocenters. The summed E-state index contributed by atoms with van der Waals surface area (Å²) in [6.07, 6.45) is 6.34. The number of carbonyl (C=O) groups excluding carboxylic acids is 1. The van der Waals surface area contributed by atoms with Crippen LogP contribution >= 0.6 is 22.9 Å². The van der Waals surface area contributed by atoms with Crippen LogP contribution in [0.5, 0.6) is 5.75 Å². The first-order chi connectivity index (χ1) is 18.2. The molecule has 0 aliphatic heterocycles. The highest BCUT2D eigenvalue weighted by atomic mass is 35.5. The molecule has 2 heterocycles. The lowest BCUT2D eigenvalue weighted by Crippen LogP contribution is -2.59. The van der Waals surface area contributed by atoms with Crippen molar-refractivity contribution in [3.63, 3.8) is 0 Å². The van der Waals surface area contributed by atoms with Crippen LogP contribution in [0.25, 0.3) is 21.2 Å². The second-order valence-electron chi connectivity index (χ2n) is 9.92. The van der Waals surface area contributed by atoms with Gasteiger partial charge in [0.25, 0.3) is 5.91 Å². The molecule has 1 fully saturated rings. The number of hydrogen-bond acceptors (Lipinski definition) is 5. The Kier molecular flexibility index (Phi) is 7.40. The van der Waals surface area contributed by atoms with Gasteiger partial charge in [0.15, 0.2) is 0 Å². The third-order valence-corrected chi connectivity index (χ3v) is 9.10. The molecule has 0 bridgehead atoms. The summed E-state index contributed by atoms with van der Waals surface area (Å²) in [6, 6.07) is 11.6. The van der Waals surface area contributed by atoms with Gasteiger partial charge in [-0.25, -0.2) is 8.78 Å². The molecule has 2 N–H and O–H groups in total. The number of amides is 1. The number of nitrogens with two attached hydrogens (primary N) is 1. The lowest BCUT2D eigenvalue weighted by atomic mass is 9.82. The number of hydrogen-bond donors (Lipinski definition) is 1. The Balaban J connectivity index is 1.61. The zero-order valence-electron chi connectivity index (χ0n) is 21.1. The van der Waals surface area contributed by atoms with Gasteiger partial charge >= 0.3 is 0 Å². The number of methoxy groups -OCH3 is 1. The molecule has 0 radical (unpaired) electrons. The monoisotopic (exact) mass is 555 g/mol. The van der Waals surface area contributed by atoms with E-state index in [1.807, 2.05) is 30.3 Å². The van der Waals surface area contributed by atoms with Gasteiger partial charge in [0.05, 0.1) is 34.4 Å². The van der Waals surface area contributed by atoms with Crippen molar-refractivity contribution in [2.24, 2.45) is 11.7 Å². The van der Waals surface area contributed by atoms with Crippen LogP contribution in [0, 0.1) is 17.6 Å². The van der Waals surface area contributed by atoms with Crippen molar-refractivity contribution < 1.29 is 18.3 Å². The summed E-state index contributed by atoms with van der Waals surface area (Å²) in [7, 11) is 1.58. The van der Waals surface area contributed by atoms with Gasteiger partial charge < -0.3 is 15.4 Å². The number of pyridine rings is 1. The minimum atomic E-state index is -0.960. The predicted molar refractivity (Wildman–Crippen MR) is 147 cm³/mol. The molecular weight excluding hydrogens is 528 g/mol. The average molecular weight is 556 g/mol. The van der Waals surface area contributed by atoms with Crippen molar-refractivity contribution in [2.75, 3.05) is 7.11 Å². The summed E-state index contributed by atoms with van der Waals surface area (Å²) in [6.45, 7) is 2.31. The fourth-order valence-electron chi connectivity index (χ4n) is 5.12. The molecule has 5 nitrogen and oxygen atoms in total. The van der Waals surface area contributed by atoms with Gasteiger partial charge in [-0.05, 0) is 79.1 Å². The molecule has 4 aromatic rings. The molecule has 2 aromatic heterocycles. The molecule has 1 aliphatic rings. The van der Waals surface area contributed by atoms with E-state index in [1.54, 1.807) is 24.4 Å². The number of nitrogens with zero attached hydrogens (tertiary/aromatic N) is 2. The lowest BCUT2D eigenvalue weighted by Gasteiger charge is -2.45. The topological polar surface area (TPSA) is 68.5 Å². The van der Waals surface area contributed by atoms with Gasteiger partial charge in [0.2, 0.25) is 0 Å². The smallest absolute Gasteiger partial charge is 0.267 e. The Hall–Kier alpha value is -3.07. The first-order valence-corrected chi connectivity index (χ1v) is 13.7. The molecule has 198 valence electrons. The van der Waals surface area contributed by atoms with Gasteiger partial charge in [-0.2, -0.15) is 0 Å². The summed E-state index contributed by atoms with van der Waals surface area (Å²) in [5.41, 5.74) is 8.66. The Morgan fingerprint density at radius 2 is 1.82 bits per heavy atom. The molecule has 1 aliphatic carbocycles. The van der Waals surface area contributed by atoms with Crippen LogP contribution in [0.15, 0.2) is 54.9 Å². The van der Waals surface area contributed by atoms with Crippen molar-refractivity contribution in [1.29, 1.82) is 0 Å². The number of benzene rings is 2. The second kappa shape index (κ2) is 10.6. The van der Waals surface area contributed by atoms with Gasteiger partial charge in [-0.3, -0.25) is 9.78 Å². The number of halogens is 3. The van der Waals surface area contributed by atoms with Gasteiger partial charge in [0.1, 0.15) is 22.3 Å². The number of thiophene rings is 1. The molecular formula is C29H28ClF2N3O2S. The highest BCUT2D eigenvalue weighted by Crippen LogP contribution is 2.42. The largest absolute Gasteiger partial charge is 0.496 e. The van der Waals surface area contributed by atoms with Crippen molar-refractivity contribution in [3.05, 3.63) is 82.0 Å². The summed E-state index contributed by atoms with van der Waals surface area (Å²) >= 11 is 7.39. The second-order valence-corrected chi connectivity index (χ2v) is 11.3. The Labute approximate surface area is 229 Å². The Morgan fingerprint density at radius 1 is 1.13 bits per heavy atom. The Bertz CT molecular complexity index is 1490. The van der Waals surface area contributed by atoms with E-state index in [-0.39, 0.29) is 26.5 Å². The van der Waals surface area contributed by atoms with Crippen molar-refractivity contribution >= 4 is 38.9 Å². The van der Waals surface area contributed by atoms with E-state index in [0.717, 1.165) is 53.0 Å². The van der Waals surface area contributed by atoms with E-state index in [4.69, 9.17) is 22.1 Å². The van der Waals surface area contributed by atoms with Gasteiger partial charge in [-0.1, -0.05) is 24.6 Å². The van der Waals surface area contributed by atoms with Crippen molar-refractivity contribution in [2.45, 2.75) is 44.8 Å². The number of rotatable bonds is 6. The van der Waals surface area contributed by atoms with Crippen LogP contribution in [-0.2, 0) is 6.54 Å². The summed E-state index contributed by atoms with van der Waals surface area (Å²) < 4.78 is 34.8. The van der Waals surface area contributed by atoms with E-state index in [0.29, 0.717) is 24.5 Å². The molecule has 38 heavy (non-hydrogen) atoms. The van der Waals surface area contributed by atoms with Crippen molar-refractivity contribution in [3.8, 4) is 16.9 Å². The van der Waals surface area contributed by atoms with E-state index in [2.05, 4.69) is 11.9 Å². The third-order valence-electron chi connectivity index (χ3n) is 7.42. The fraction of sp³-hybridized carbons (Fsp3) is 0.310. The summed E-state index contributed by atoms with van der Waals surface area (Å²) in [5, 5.41) is -0.178. The minimum absolute atomic E-state index is 0.0129. The number of carbonyl (C=O) groups is 1. The molecule has 9 heteroatoms. The molecule has 2 aromatic carbocycles. The minimum Gasteiger partial charge on any atom is -0.496 e. The molecule has 0 atom stereocenters. The number of fused-ring (bicyclic) bond motifs is 1. The van der Waals surface area contributed by atoms with E-state index < -0.39 is 23.2 Å². The van der Waals surface area contributed by atoms with Crippen LogP contribution in [0.4, 0.5) is 8.78 Å². The molecule has 5 rings (SSSR count). The van der Waals surface area contributed by atoms with Gasteiger partial charge in [0, 0.05) is 18.0 Å². The van der Waals surface area contributed by atoms with Crippen LogP contribution in [0.1, 0.15) is 47.8 Å². The normalized spacial score (nSPS) is 19.5. The highest BCUT2D eigenvalue weighted by Gasteiger charge is 2.41. The maximum Gasteiger partial charge on any atom is 0.267 e. The van der Waals surface area contributed by atoms with E-state index >= 15 is 0 Å². The van der Waals surface area contributed by atoms with Crippen molar-refractivity contribution in [1.82, 2.24) is 9.88 Å². The van der Waals surface area contributed by atoms with Crippen LogP contribution in [0.2, 0.25) is 5.02 Å². The number of ether oxygens (including phenoxy) is 1. The SMILES string of the molecule is COc1ccc(-c2ccncc2)cc1CN(C(=O)c1sc2c(F)ccc(F)c2c1Cl)C1(N)CCC(C)CC1. The van der Waals surface area contributed by atoms with Crippen LogP contribution < -0.4 is 10.5 Å². The zero-order chi connectivity index (χ0) is 27.0. The lowest BCUT2D eigenvalue weighted by molar-refractivity contribution is 0.0266. The summed E-state index contributed by atoms with van der Waals surface area (Å²) in [4.78, 5) is 19.9. The highest BCUT2D eigenvalue weighted by molar-refractivity contribution is 7.21. The third kappa shape index (κ3) is 4.88. The molecule has 1 saturated carbocycles. The molecule has 0 spiro atoms. The summed E-state index contributed by atoms with van der Waals surface area (Å²) in [5.74, 6) is -0.658. The van der Waals surface area contributed by atoms with Crippen LogP contribution in [-0.4, -0.2) is 28.6 Å². The molecule has 1 amide bonds. The van der Waals surface area contributed by atoms with E-state index in [1.165, 1.54) is 0 Å². The predicted octanol–water partition coefficient (Wildman–Crippen LogP) is 7.41. The Morgan fingerprint density at radius 3 is 2.47 bits per heavy atom. The average Bonchev–Trinajstić information content (AvgIpc) is 3.29. The maximum atomic E-state index is 14.6. The van der Waals surface area contributed by atoms with Gasteiger partial charge in [-0.15, -0.1) is 11.3 Å². The fourth-order valence-corrected chi connectivity index (χ4v) is 6.62. The first-order valence-electron chi connectivity index (χ1n) is 12.5. The van der Waals surface area contributed by atoms with E-state index in [9.17, 15) is 13.6 Å². The number of aromatic nitrogens is 1. The molecule has 0 saturated heterocycles. The first kappa shape index (κ1) is 26.5. The quantitative estimate of drug-likeness (QED) is 0.251. The standard InChI is InChI=1S/C29H28ClF2N3O2S/c1-17-7-11-29(33,12-8-17)35(28(36)27-25(30)24-21(31)4-5-22(32)26(24)38-27)16-20-15-19(3-6-23(20)37-2)18-9-13-34-14-10-18/h3-6,9-10,13-15,17H,7-8,11-12,16,33H2,1-2H3. The maximum absolute atomic E-state index is 14.6. The zero-order valence-corrected chi connectivity index (χ0v) is 22.7. The van der Waals surface area contributed by atoms with Crippen LogP contribution in [0.3, 0.4) is 0 Å².